The van der Waals surface area contributed by atoms with Crippen LogP contribution < -0.4 is 10.2 Å². The van der Waals surface area contributed by atoms with Crippen LogP contribution in [0.3, 0.4) is 0 Å². The van der Waals surface area contributed by atoms with Crippen molar-refractivity contribution < 1.29 is 14.0 Å². The van der Waals surface area contributed by atoms with Crippen LogP contribution in [-0.2, 0) is 11.2 Å². The predicted octanol–water partition coefficient (Wildman–Crippen LogP) is 4.66. The molecule has 0 unspecified atom stereocenters. The molecule has 0 radical (unpaired) electrons. The lowest BCUT2D eigenvalue weighted by atomic mass is 10.1. The van der Waals surface area contributed by atoms with Crippen molar-refractivity contribution >= 4 is 44.7 Å². The number of aromatic nitrogens is 1. The maximum absolute atomic E-state index is 12.7. The number of hydrogen-bond acceptors (Lipinski definition) is 5. The first-order valence-electron chi connectivity index (χ1n) is 9.06. The first-order valence-corrected chi connectivity index (χ1v) is 9.94. The summed E-state index contributed by atoms with van der Waals surface area (Å²) in [6, 6.07) is 15.6. The van der Waals surface area contributed by atoms with Crippen LogP contribution in [0.25, 0.3) is 10.8 Å². The molecule has 0 bridgehead atoms. The maximum atomic E-state index is 12.7. The van der Waals surface area contributed by atoms with Gasteiger partial charge in [0.1, 0.15) is 5.76 Å². The SMILES string of the molecule is Cc1occc1C(=O)Nc1nc(CC(=O)N(C)c2ccc3ccccc3c2)cs1. The zero-order valence-electron chi connectivity index (χ0n) is 16.0. The highest BCUT2D eigenvalue weighted by Crippen LogP contribution is 2.23. The molecular formula is C22H19N3O3S. The third-order valence-corrected chi connectivity index (χ3v) is 5.51. The van der Waals surface area contributed by atoms with Crippen LogP contribution in [0, 0.1) is 6.92 Å². The van der Waals surface area contributed by atoms with E-state index in [0.717, 1.165) is 16.5 Å². The Morgan fingerprint density at radius 1 is 1.14 bits per heavy atom. The number of nitrogens with zero attached hydrogens (tertiary/aromatic N) is 2. The van der Waals surface area contributed by atoms with Gasteiger partial charge in [0.2, 0.25) is 5.91 Å². The fourth-order valence-electron chi connectivity index (χ4n) is 3.03. The summed E-state index contributed by atoms with van der Waals surface area (Å²) in [5.41, 5.74) is 1.91. The minimum Gasteiger partial charge on any atom is -0.469 e. The molecule has 0 saturated carbocycles. The molecule has 0 saturated heterocycles. The van der Waals surface area contributed by atoms with E-state index in [1.54, 1.807) is 30.3 Å². The zero-order chi connectivity index (χ0) is 20.4. The Hall–Kier alpha value is -3.45. The molecule has 4 aromatic rings. The normalized spacial score (nSPS) is 10.8. The number of thiazole rings is 1. The molecule has 2 heterocycles. The highest BCUT2D eigenvalue weighted by molar-refractivity contribution is 7.14. The molecule has 2 aromatic carbocycles. The average molecular weight is 405 g/mol. The second kappa shape index (κ2) is 7.89. The third kappa shape index (κ3) is 4.05. The van der Waals surface area contributed by atoms with Gasteiger partial charge >= 0.3 is 0 Å². The molecule has 1 N–H and O–H groups in total. The lowest BCUT2D eigenvalue weighted by molar-refractivity contribution is -0.117. The van der Waals surface area contributed by atoms with Gasteiger partial charge in [-0.15, -0.1) is 11.3 Å². The van der Waals surface area contributed by atoms with Crippen LogP contribution in [0.5, 0.6) is 0 Å². The zero-order valence-corrected chi connectivity index (χ0v) is 16.8. The van der Waals surface area contributed by atoms with Crippen LogP contribution in [0.4, 0.5) is 10.8 Å². The molecule has 0 fully saturated rings. The van der Waals surface area contributed by atoms with Crippen LogP contribution in [0.1, 0.15) is 21.8 Å². The fourth-order valence-corrected chi connectivity index (χ4v) is 3.74. The van der Waals surface area contributed by atoms with Gasteiger partial charge in [-0.1, -0.05) is 30.3 Å². The standard InChI is InChI=1S/C22H19N3O3S/c1-14-19(9-10-28-14)21(27)24-22-23-17(13-29-22)12-20(26)25(2)18-8-7-15-5-3-4-6-16(15)11-18/h3-11,13H,12H2,1-2H3,(H,23,24,27). The van der Waals surface area contributed by atoms with E-state index in [1.807, 2.05) is 42.5 Å². The number of carbonyl (C=O) groups is 2. The Kier molecular flexibility index (Phi) is 5.14. The highest BCUT2D eigenvalue weighted by Gasteiger charge is 2.16. The molecule has 2 aromatic heterocycles. The number of hydrogen-bond donors (Lipinski definition) is 1. The lowest BCUT2D eigenvalue weighted by Gasteiger charge is -2.17. The van der Waals surface area contributed by atoms with Crippen LogP contribution in [0.2, 0.25) is 0 Å². The van der Waals surface area contributed by atoms with E-state index in [9.17, 15) is 9.59 Å². The molecule has 0 aliphatic rings. The van der Waals surface area contributed by atoms with E-state index in [1.165, 1.54) is 17.6 Å². The van der Waals surface area contributed by atoms with Gasteiger partial charge in [-0.2, -0.15) is 0 Å². The van der Waals surface area contributed by atoms with Crippen molar-refractivity contribution in [1.82, 2.24) is 4.98 Å². The monoisotopic (exact) mass is 405 g/mol. The number of carbonyl (C=O) groups excluding carboxylic acids is 2. The second-order valence-electron chi connectivity index (χ2n) is 6.65. The van der Waals surface area contributed by atoms with Crippen LogP contribution in [0.15, 0.2) is 64.6 Å². The number of likely N-dealkylation sites (N-methyl/N-ethyl adjacent to an activating group) is 1. The Balaban J connectivity index is 1.43. The van der Waals surface area contributed by atoms with Gasteiger partial charge in [0, 0.05) is 18.1 Å². The Labute approximate surface area is 171 Å². The fraction of sp³-hybridized carbons (Fsp3) is 0.136. The van der Waals surface area contributed by atoms with E-state index in [0.29, 0.717) is 22.1 Å². The topological polar surface area (TPSA) is 75.4 Å². The van der Waals surface area contributed by atoms with Crippen molar-refractivity contribution in [2.24, 2.45) is 0 Å². The summed E-state index contributed by atoms with van der Waals surface area (Å²) in [6.45, 7) is 1.73. The van der Waals surface area contributed by atoms with Crippen molar-refractivity contribution in [1.29, 1.82) is 0 Å². The number of benzene rings is 2. The molecule has 4 rings (SSSR count). The van der Waals surface area contributed by atoms with Crippen molar-refractivity contribution in [3.8, 4) is 0 Å². The van der Waals surface area contributed by atoms with Gasteiger partial charge in [-0.25, -0.2) is 4.98 Å². The summed E-state index contributed by atoms with van der Waals surface area (Å²) in [6.07, 6.45) is 1.62. The number of fused-ring (bicyclic) bond motifs is 1. The summed E-state index contributed by atoms with van der Waals surface area (Å²) in [4.78, 5) is 30.9. The number of anilines is 2. The minimum absolute atomic E-state index is 0.0749. The highest BCUT2D eigenvalue weighted by atomic mass is 32.1. The summed E-state index contributed by atoms with van der Waals surface area (Å²) in [5.74, 6) is 0.192. The molecule has 6 nitrogen and oxygen atoms in total. The van der Waals surface area contributed by atoms with Crippen LogP contribution in [-0.4, -0.2) is 23.8 Å². The summed E-state index contributed by atoms with van der Waals surface area (Å²) in [5, 5.41) is 7.19. The molecule has 0 aliphatic heterocycles. The largest absolute Gasteiger partial charge is 0.469 e. The Morgan fingerprint density at radius 2 is 1.93 bits per heavy atom. The second-order valence-corrected chi connectivity index (χ2v) is 7.51. The average Bonchev–Trinajstić information content (AvgIpc) is 3.35. The number of furan rings is 1. The number of amides is 2. The summed E-state index contributed by atoms with van der Waals surface area (Å²) < 4.78 is 5.15. The lowest BCUT2D eigenvalue weighted by Crippen LogP contribution is -2.27. The van der Waals surface area contributed by atoms with Crippen molar-refractivity contribution in [2.75, 3.05) is 17.3 Å². The first-order chi connectivity index (χ1) is 14.0. The molecule has 146 valence electrons. The first kappa shape index (κ1) is 18.9. The van der Waals surface area contributed by atoms with Gasteiger partial charge in [-0.05, 0) is 35.9 Å². The van der Waals surface area contributed by atoms with E-state index >= 15 is 0 Å². The minimum atomic E-state index is -0.281. The van der Waals surface area contributed by atoms with Crippen LogP contribution >= 0.6 is 11.3 Å². The number of aryl methyl sites for hydroxylation is 1. The van der Waals surface area contributed by atoms with Gasteiger partial charge in [-0.3, -0.25) is 14.9 Å². The molecule has 2 amide bonds. The maximum Gasteiger partial charge on any atom is 0.260 e. The van der Waals surface area contributed by atoms with Crippen molar-refractivity contribution in [3.63, 3.8) is 0 Å². The molecule has 29 heavy (non-hydrogen) atoms. The quantitative estimate of drug-likeness (QED) is 0.524. The predicted molar refractivity (Wildman–Crippen MR) is 115 cm³/mol. The van der Waals surface area contributed by atoms with E-state index in [4.69, 9.17) is 4.42 Å². The van der Waals surface area contributed by atoms with Crippen molar-refractivity contribution in [3.05, 3.63) is 77.2 Å². The van der Waals surface area contributed by atoms with Gasteiger partial charge in [0.05, 0.1) is 23.9 Å². The molecule has 0 aliphatic carbocycles. The smallest absolute Gasteiger partial charge is 0.260 e. The Bertz CT molecular complexity index is 1190. The molecule has 7 heteroatoms. The van der Waals surface area contributed by atoms with E-state index in [2.05, 4.69) is 10.3 Å². The van der Waals surface area contributed by atoms with Gasteiger partial charge < -0.3 is 9.32 Å². The Morgan fingerprint density at radius 3 is 2.69 bits per heavy atom. The van der Waals surface area contributed by atoms with Crippen molar-refractivity contribution in [2.45, 2.75) is 13.3 Å². The molecule has 0 spiro atoms. The van der Waals surface area contributed by atoms with Gasteiger partial charge in [0.25, 0.3) is 5.91 Å². The molecular weight excluding hydrogens is 386 g/mol. The third-order valence-electron chi connectivity index (χ3n) is 4.70. The molecule has 0 atom stereocenters. The van der Waals surface area contributed by atoms with E-state index in [-0.39, 0.29) is 18.2 Å². The summed E-state index contributed by atoms with van der Waals surface area (Å²) >= 11 is 1.29. The number of nitrogens with one attached hydrogen (secondary N) is 1. The van der Waals surface area contributed by atoms with E-state index < -0.39 is 0 Å². The summed E-state index contributed by atoms with van der Waals surface area (Å²) in [7, 11) is 1.75. The van der Waals surface area contributed by atoms with Gasteiger partial charge in [0.15, 0.2) is 5.13 Å². The number of rotatable bonds is 5.